The Hall–Kier alpha value is -0.780. The fourth-order valence-corrected chi connectivity index (χ4v) is 3.08. The molecule has 2 rings (SSSR count). The van der Waals surface area contributed by atoms with Crippen molar-refractivity contribution in [2.45, 2.75) is 138 Å². The average Bonchev–Trinajstić information content (AvgIpc) is 3.07. The molecule has 2 aliphatic rings. The van der Waals surface area contributed by atoms with E-state index in [9.17, 15) is 0 Å². The second-order valence-electron chi connectivity index (χ2n) is 4.54. The highest BCUT2D eigenvalue weighted by Gasteiger charge is 2.28. The Morgan fingerprint density at radius 3 is 0.846 bits per heavy atom. The van der Waals surface area contributed by atoms with Gasteiger partial charge >= 0.3 is 0 Å². The Morgan fingerprint density at radius 1 is 0.500 bits per heavy atom. The van der Waals surface area contributed by atoms with Crippen LogP contribution in [0.3, 0.4) is 0 Å². The lowest BCUT2D eigenvalue weighted by atomic mass is 9.99. The van der Waals surface area contributed by atoms with Crippen LogP contribution in [0.2, 0.25) is 0 Å². The minimum Gasteiger partial charge on any atom is -0.0776 e. The Morgan fingerprint density at radius 2 is 0.692 bits per heavy atom. The number of allylic oxidation sites excluding steroid dienone is 6. The molecule has 0 saturated carbocycles. The van der Waals surface area contributed by atoms with Gasteiger partial charge in [0.2, 0.25) is 0 Å². The standard InChI is InChI=1S/C14H20.4C2H6.4CH4/c1-5-11-9(3)7-14-12(6-2)10(4)8-13(11)14;4*1-2;;;;/h5-8H2,1-4H3;4*1-2H3;4*1H4. The van der Waals surface area contributed by atoms with Crippen LogP contribution in [0.15, 0.2) is 33.4 Å². The van der Waals surface area contributed by atoms with Crippen LogP contribution in [-0.2, 0) is 0 Å². The summed E-state index contributed by atoms with van der Waals surface area (Å²) < 4.78 is 0. The molecule has 0 heteroatoms. The molecule has 0 N–H and O–H groups in total. The Bertz CT molecular complexity index is 325. The molecule has 0 spiro atoms. The van der Waals surface area contributed by atoms with Gasteiger partial charge in [0.1, 0.15) is 0 Å². The first kappa shape index (κ1) is 44.6. The van der Waals surface area contributed by atoms with Crippen molar-refractivity contribution in [1.29, 1.82) is 0 Å². The highest BCUT2D eigenvalue weighted by molar-refractivity contribution is 5.60. The van der Waals surface area contributed by atoms with Gasteiger partial charge in [-0.25, -0.2) is 0 Å². The van der Waals surface area contributed by atoms with Gasteiger partial charge in [0.25, 0.3) is 0 Å². The van der Waals surface area contributed by atoms with Crippen LogP contribution in [0.5, 0.6) is 0 Å². The lowest BCUT2D eigenvalue weighted by Crippen LogP contribution is -1.87. The van der Waals surface area contributed by atoms with Crippen molar-refractivity contribution in [3.8, 4) is 0 Å². The lowest BCUT2D eigenvalue weighted by molar-refractivity contribution is 1.00. The predicted octanol–water partition coefficient (Wildman–Crippen LogP) is 11.2. The van der Waals surface area contributed by atoms with E-state index < -0.39 is 0 Å². The molecule has 0 amide bonds. The van der Waals surface area contributed by atoms with Gasteiger partial charge in [0.05, 0.1) is 0 Å². The molecule has 0 fully saturated rings. The van der Waals surface area contributed by atoms with Crippen molar-refractivity contribution in [2.75, 3.05) is 0 Å². The first-order valence-corrected chi connectivity index (χ1v) is 9.79. The summed E-state index contributed by atoms with van der Waals surface area (Å²) in [7, 11) is 0. The minimum absolute atomic E-state index is 0. The highest BCUT2D eigenvalue weighted by Crippen LogP contribution is 2.47. The Balaban J connectivity index is -0.0000000538. The summed E-state index contributed by atoms with van der Waals surface area (Å²) in [6.45, 7) is 25.2. The van der Waals surface area contributed by atoms with Crippen molar-refractivity contribution in [1.82, 2.24) is 0 Å². The molecule has 0 bridgehead atoms. The summed E-state index contributed by atoms with van der Waals surface area (Å²) in [5, 5.41) is 0. The molecule has 0 aromatic heterocycles. The summed E-state index contributed by atoms with van der Waals surface area (Å²) in [6, 6.07) is 0. The second-order valence-corrected chi connectivity index (χ2v) is 4.54. The maximum Gasteiger partial charge on any atom is -0.00583 e. The third-order valence-corrected chi connectivity index (χ3v) is 3.71. The van der Waals surface area contributed by atoms with Crippen LogP contribution in [0.25, 0.3) is 0 Å². The Labute approximate surface area is 172 Å². The molecule has 0 saturated heterocycles. The van der Waals surface area contributed by atoms with Crippen LogP contribution >= 0.6 is 0 Å². The van der Waals surface area contributed by atoms with E-state index in [4.69, 9.17) is 0 Å². The largest absolute Gasteiger partial charge is 0.0776 e. The van der Waals surface area contributed by atoms with Crippen molar-refractivity contribution in [3.05, 3.63) is 33.4 Å². The summed E-state index contributed by atoms with van der Waals surface area (Å²) in [5.41, 5.74) is 9.91. The smallest absolute Gasteiger partial charge is 0.00583 e. The van der Waals surface area contributed by atoms with E-state index in [-0.39, 0.29) is 29.7 Å². The zero-order chi connectivity index (χ0) is 18.3. The summed E-state index contributed by atoms with van der Waals surface area (Å²) >= 11 is 0. The number of rotatable bonds is 2. The summed E-state index contributed by atoms with van der Waals surface area (Å²) in [6.07, 6.45) is 4.90. The number of hydrogen-bond acceptors (Lipinski definition) is 0. The average molecular weight is 373 g/mol. The predicted molar refractivity (Wildman–Crippen MR) is 135 cm³/mol. The molecule has 0 heterocycles. The van der Waals surface area contributed by atoms with Gasteiger partial charge in [-0.2, -0.15) is 0 Å². The van der Waals surface area contributed by atoms with E-state index in [1.165, 1.54) is 25.7 Å². The third-order valence-electron chi connectivity index (χ3n) is 3.71. The molecule has 164 valence electrons. The van der Waals surface area contributed by atoms with Gasteiger partial charge in [0, 0.05) is 0 Å². The minimum atomic E-state index is 0. The van der Waals surface area contributed by atoms with Crippen molar-refractivity contribution < 1.29 is 0 Å². The SMILES string of the molecule is C.C.C.C.CC.CC.CC.CC.CCC1=C(C)CC2=C1CC(C)=C2CC. The quantitative estimate of drug-likeness (QED) is 0.452. The van der Waals surface area contributed by atoms with E-state index in [1.807, 2.05) is 55.4 Å². The van der Waals surface area contributed by atoms with E-state index in [0.29, 0.717) is 0 Å². The first-order chi connectivity index (χ1) is 10.7. The normalized spacial score (nSPS) is 12.5. The Kier molecular flexibility index (Phi) is 49.7. The van der Waals surface area contributed by atoms with Crippen LogP contribution in [0.1, 0.15) is 138 Å². The second kappa shape index (κ2) is 29.0. The van der Waals surface area contributed by atoms with Crippen LogP contribution in [0.4, 0.5) is 0 Å². The first-order valence-electron chi connectivity index (χ1n) is 9.79. The van der Waals surface area contributed by atoms with E-state index in [0.717, 1.165) is 0 Å². The van der Waals surface area contributed by atoms with Crippen LogP contribution < -0.4 is 0 Å². The van der Waals surface area contributed by atoms with Gasteiger partial charge in [-0.15, -0.1) is 0 Å². The lowest BCUT2D eigenvalue weighted by Gasteiger charge is -2.07. The molecule has 0 aromatic rings. The molecular weight excluding hydrogens is 312 g/mol. The van der Waals surface area contributed by atoms with Crippen molar-refractivity contribution >= 4 is 0 Å². The molecule has 2 aliphatic carbocycles. The zero-order valence-corrected chi connectivity index (χ0v) is 17.8. The van der Waals surface area contributed by atoms with Crippen molar-refractivity contribution in [3.63, 3.8) is 0 Å². The van der Waals surface area contributed by atoms with Crippen LogP contribution in [0, 0.1) is 0 Å². The summed E-state index contributed by atoms with van der Waals surface area (Å²) in [5.74, 6) is 0. The zero-order valence-electron chi connectivity index (χ0n) is 17.8. The third kappa shape index (κ3) is 11.8. The molecule has 0 unspecified atom stereocenters. The molecule has 0 atom stereocenters. The number of hydrogen-bond donors (Lipinski definition) is 0. The van der Waals surface area contributed by atoms with Gasteiger partial charge in [-0.05, 0) is 61.8 Å². The monoisotopic (exact) mass is 372 g/mol. The van der Waals surface area contributed by atoms with Crippen molar-refractivity contribution in [2.24, 2.45) is 0 Å². The fraction of sp³-hybridized carbons (Fsp3) is 0.769. The van der Waals surface area contributed by atoms with Gasteiger partial charge < -0.3 is 0 Å². The molecule has 0 aliphatic heterocycles. The van der Waals surface area contributed by atoms with E-state index in [2.05, 4.69) is 27.7 Å². The molecule has 26 heavy (non-hydrogen) atoms. The maximum atomic E-state index is 2.31. The molecule has 0 radical (unpaired) electrons. The van der Waals surface area contributed by atoms with E-state index in [1.54, 1.807) is 33.4 Å². The molecular formula is C26H60. The topological polar surface area (TPSA) is 0 Å². The molecule has 0 aromatic carbocycles. The highest BCUT2D eigenvalue weighted by atomic mass is 14.3. The van der Waals surface area contributed by atoms with E-state index >= 15 is 0 Å². The summed E-state index contributed by atoms with van der Waals surface area (Å²) in [4.78, 5) is 0. The van der Waals surface area contributed by atoms with Gasteiger partial charge in [0.15, 0.2) is 0 Å². The van der Waals surface area contributed by atoms with Crippen LogP contribution in [-0.4, -0.2) is 0 Å². The van der Waals surface area contributed by atoms with Gasteiger partial charge in [-0.1, -0.05) is 110 Å². The molecule has 0 nitrogen and oxygen atoms in total. The van der Waals surface area contributed by atoms with Gasteiger partial charge in [-0.3, -0.25) is 0 Å². The fourth-order valence-electron chi connectivity index (χ4n) is 3.08. The maximum absolute atomic E-state index is 2.31.